The van der Waals surface area contributed by atoms with Crippen molar-refractivity contribution in [3.63, 3.8) is 0 Å². The molecule has 2 rings (SSSR count). The van der Waals surface area contributed by atoms with Gasteiger partial charge in [-0.25, -0.2) is 0 Å². The summed E-state index contributed by atoms with van der Waals surface area (Å²) in [5.41, 5.74) is 1.27. The highest BCUT2D eigenvalue weighted by Gasteiger charge is 2.23. The van der Waals surface area contributed by atoms with Crippen molar-refractivity contribution >= 4 is 15.9 Å². The molecule has 1 aromatic rings. The van der Waals surface area contributed by atoms with Crippen LogP contribution in [0.1, 0.15) is 25.8 Å². The summed E-state index contributed by atoms with van der Waals surface area (Å²) in [6.07, 6.45) is 1.30. The van der Waals surface area contributed by atoms with Gasteiger partial charge < -0.3 is 4.74 Å². The molecule has 0 N–H and O–H groups in total. The highest BCUT2D eigenvalue weighted by molar-refractivity contribution is 9.10. The number of hydrogen-bond acceptors (Lipinski definition) is 2. The predicted octanol–water partition coefficient (Wildman–Crippen LogP) is 3.94. The van der Waals surface area contributed by atoms with Gasteiger partial charge in [-0.1, -0.05) is 29.8 Å². The molecule has 100 valence electrons. The molecule has 0 aliphatic carbocycles. The van der Waals surface area contributed by atoms with Crippen molar-refractivity contribution in [1.29, 1.82) is 0 Å². The lowest BCUT2D eigenvalue weighted by atomic mass is 9.88. The molecular formula is C15H22BrNO. The fourth-order valence-corrected chi connectivity index (χ4v) is 3.01. The minimum absolute atomic E-state index is 0.789. The van der Waals surface area contributed by atoms with Crippen LogP contribution < -0.4 is 4.74 Å². The van der Waals surface area contributed by atoms with Gasteiger partial charge in [-0.05, 0) is 43.0 Å². The Bertz CT molecular complexity index is 407. The molecule has 2 unspecified atom stereocenters. The van der Waals surface area contributed by atoms with Crippen molar-refractivity contribution in [2.24, 2.45) is 11.8 Å². The largest absolute Gasteiger partial charge is 0.496 e. The summed E-state index contributed by atoms with van der Waals surface area (Å²) >= 11 is 3.54. The second kappa shape index (κ2) is 6.07. The van der Waals surface area contributed by atoms with Crippen molar-refractivity contribution < 1.29 is 4.74 Å². The Morgan fingerprint density at radius 3 is 2.78 bits per heavy atom. The number of likely N-dealkylation sites (tertiary alicyclic amines) is 1. The average molecular weight is 312 g/mol. The van der Waals surface area contributed by atoms with Crippen LogP contribution in [0.2, 0.25) is 0 Å². The molecule has 1 saturated heterocycles. The first-order chi connectivity index (χ1) is 8.60. The third-order valence-electron chi connectivity index (χ3n) is 4.05. The normalized spacial score (nSPS) is 25.1. The smallest absolute Gasteiger partial charge is 0.123 e. The number of piperidine rings is 1. The van der Waals surface area contributed by atoms with E-state index in [0.717, 1.165) is 28.6 Å². The first-order valence-electron chi connectivity index (χ1n) is 6.65. The molecule has 0 bridgehead atoms. The molecule has 2 atom stereocenters. The van der Waals surface area contributed by atoms with Gasteiger partial charge in [0, 0.05) is 23.1 Å². The van der Waals surface area contributed by atoms with Crippen molar-refractivity contribution in [2.45, 2.75) is 26.8 Å². The van der Waals surface area contributed by atoms with Crippen LogP contribution >= 0.6 is 15.9 Å². The number of benzene rings is 1. The zero-order valence-corrected chi connectivity index (χ0v) is 13.0. The monoisotopic (exact) mass is 311 g/mol. The lowest BCUT2D eigenvalue weighted by Gasteiger charge is -2.35. The van der Waals surface area contributed by atoms with Gasteiger partial charge in [-0.3, -0.25) is 4.90 Å². The lowest BCUT2D eigenvalue weighted by molar-refractivity contribution is 0.131. The van der Waals surface area contributed by atoms with E-state index in [1.807, 2.05) is 12.1 Å². The minimum Gasteiger partial charge on any atom is -0.496 e. The summed E-state index contributed by atoms with van der Waals surface area (Å²) in [6, 6.07) is 6.24. The SMILES string of the molecule is COc1ccc(Br)cc1CN1CCC(C)C(C)C1. The molecule has 0 saturated carbocycles. The maximum Gasteiger partial charge on any atom is 0.123 e. The quantitative estimate of drug-likeness (QED) is 0.838. The Balaban J connectivity index is 2.07. The Morgan fingerprint density at radius 1 is 1.33 bits per heavy atom. The van der Waals surface area contributed by atoms with E-state index < -0.39 is 0 Å². The topological polar surface area (TPSA) is 12.5 Å². The fourth-order valence-electron chi connectivity index (χ4n) is 2.60. The minimum atomic E-state index is 0.789. The van der Waals surface area contributed by atoms with Gasteiger partial charge in [0.1, 0.15) is 5.75 Å². The van der Waals surface area contributed by atoms with E-state index in [2.05, 4.69) is 40.7 Å². The van der Waals surface area contributed by atoms with Crippen LogP contribution in [0.4, 0.5) is 0 Å². The molecule has 18 heavy (non-hydrogen) atoms. The predicted molar refractivity (Wildman–Crippen MR) is 78.9 cm³/mol. The maximum absolute atomic E-state index is 5.44. The number of halogens is 1. The summed E-state index contributed by atoms with van der Waals surface area (Å²) < 4.78 is 6.56. The molecule has 1 heterocycles. The van der Waals surface area contributed by atoms with Gasteiger partial charge in [0.15, 0.2) is 0 Å². The van der Waals surface area contributed by atoms with Gasteiger partial charge in [-0.2, -0.15) is 0 Å². The van der Waals surface area contributed by atoms with Gasteiger partial charge in [0.2, 0.25) is 0 Å². The number of ether oxygens (including phenoxy) is 1. The van der Waals surface area contributed by atoms with Gasteiger partial charge in [0.05, 0.1) is 7.11 Å². The second-order valence-electron chi connectivity index (χ2n) is 5.43. The van der Waals surface area contributed by atoms with Crippen LogP contribution in [0, 0.1) is 11.8 Å². The summed E-state index contributed by atoms with van der Waals surface area (Å²) in [7, 11) is 1.74. The van der Waals surface area contributed by atoms with E-state index in [-0.39, 0.29) is 0 Å². The molecule has 0 aromatic heterocycles. The first kappa shape index (κ1) is 13.9. The summed E-state index contributed by atoms with van der Waals surface area (Å²) in [5.74, 6) is 2.63. The third-order valence-corrected chi connectivity index (χ3v) is 4.55. The highest BCUT2D eigenvalue weighted by Crippen LogP contribution is 2.28. The number of rotatable bonds is 3. The second-order valence-corrected chi connectivity index (χ2v) is 6.35. The summed E-state index contributed by atoms with van der Waals surface area (Å²) in [5, 5.41) is 0. The molecule has 0 radical (unpaired) electrons. The Kier molecular flexibility index (Phi) is 4.68. The van der Waals surface area contributed by atoms with Gasteiger partial charge in [-0.15, -0.1) is 0 Å². The Hall–Kier alpha value is -0.540. The fraction of sp³-hybridized carbons (Fsp3) is 0.600. The lowest BCUT2D eigenvalue weighted by Crippen LogP contribution is -2.37. The zero-order chi connectivity index (χ0) is 13.1. The highest BCUT2D eigenvalue weighted by atomic mass is 79.9. The average Bonchev–Trinajstić information content (AvgIpc) is 2.34. The van der Waals surface area contributed by atoms with Crippen LogP contribution in [0.15, 0.2) is 22.7 Å². The van der Waals surface area contributed by atoms with Gasteiger partial charge >= 0.3 is 0 Å². The molecular weight excluding hydrogens is 290 g/mol. The number of hydrogen-bond donors (Lipinski definition) is 0. The van der Waals surface area contributed by atoms with Crippen molar-refractivity contribution in [1.82, 2.24) is 4.90 Å². The standard InChI is InChI=1S/C15H22BrNO/c1-11-6-7-17(9-12(11)2)10-13-8-14(16)4-5-15(13)18-3/h4-5,8,11-12H,6-7,9-10H2,1-3H3. The van der Waals surface area contributed by atoms with E-state index in [1.165, 1.54) is 25.1 Å². The van der Waals surface area contributed by atoms with Crippen LogP contribution in [0.3, 0.4) is 0 Å². The molecule has 1 aromatic carbocycles. The van der Waals surface area contributed by atoms with Crippen molar-refractivity contribution in [3.8, 4) is 5.75 Å². The van der Waals surface area contributed by atoms with Crippen molar-refractivity contribution in [3.05, 3.63) is 28.2 Å². The molecule has 3 heteroatoms. The Morgan fingerprint density at radius 2 is 2.11 bits per heavy atom. The summed E-state index contributed by atoms with van der Waals surface area (Å²) in [6.45, 7) is 8.09. The summed E-state index contributed by atoms with van der Waals surface area (Å²) in [4.78, 5) is 2.54. The zero-order valence-electron chi connectivity index (χ0n) is 11.4. The molecule has 1 aliphatic rings. The van der Waals surface area contributed by atoms with Crippen LogP contribution in [-0.4, -0.2) is 25.1 Å². The molecule has 0 spiro atoms. The van der Waals surface area contributed by atoms with Crippen LogP contribution in [-0.2, 0) is 6.54 Å². The number of nitrogens with zero attached hydrogens (tertiary/aromatic N) is 1. The van der Waals surface area contributed by atoms with Crippen LogP contribution in [0.25, 0.3) is 0 Å². The maximum atomic E-state index is 5.44. The Labute approximate surface area is 118 Å². The van der Waals surface area contributed by atoms with E-state index in [4.69, 9.17) is 4.74 Å². The van der Waals surface area contributed by atoms with E-state index in [1.54, 1.807) is 7.11 Å². The first-order valence-corrected chi connectivity index (χ1v) is 7.44. The molecule has 1 fully saturated rings. The van der Waals surface area contributed by atoms with Crippen LogP contribution in [0.5, 0.6) is 5.75 Å². The van der Waals surface area contributed by atoms with E-state index in [9.17, 15) is 0 Å². The molecule has 0 amide bonds. The van der Waals surface area contributed by atoms with Gasteiger partial charge in [0.25, 0.3) is 0 Å². The molecule has 1 aliphatic heterocycles. The number of methoxy groups -OCH3 is 1. The third kappa shape index (κ3) is 3.27. The molecule has 2 nitrogen and oxygen atoms in total. The van der Waals surface area contributed by atoms with E-state index in [0.29, 0.717) is 0 Å². The van der Waals surface area contributed by atoms with Crippen molar-refractivity contribution in [2.75, 3.05) is 20.2 Å². The van der Waals surface area contributed by atoms with E-state index >= 15 is 0 Å².